The fourth-order valence-electron chi connectivity index (χ4n) is 0.856. The Hall–Kier alpha value is -0.900. The first-order chi connectivity index (χ1) is 6.04. The van der Waals surface area contributed by atoms with Crippen LogP contribution in [0.3, 0.4) is 0 Å². The van der Waals surface area contributed by atoms with Gasteiger partial charge < -0.3 is 10.5 Å². The van der Waals surface area contributed by atoms with Gasteiger partial charge in [-0.05, 0) is 13.3 Å². The van der Waals surface area contributed by atoms with Gasteiger partial charge in [0.05, 0.1) is 6.61 Å². The van der Waals surface area contributed by atoms with Gasteiger partial charge in [0, 0.05) is 5.92 Å². The van der Waals surface area contributed by atoms with E-state index in [9.17, 15) is 9.59 Å². The van der Waals surface area contributed by atoms with Gasteiger partial charge in [-0.15, -0.1) is 0 Å². The van der Waals surface area contributed by atoms with Crippen LogP contribution in [0.1, 0.15) is 27.2 Å². The molecule has 4 nitrogen and oxygen atoms in total. The number of carbonyl (C=O) groups is 2. The van der Waals surface area contributed by atoms with Crippen LogP contribution in [0.25, 0.3) is 0 Å². The van der Waals surface area contributed by atoms with Crippen molar-refractivity contribution in [3.05, 3.63) is 0 Å². The van der Waals surface area contributed by atoms with Crippen LogP contribution in [0.2, 0.25) is 0 Å². The highest BCUT2D eigenvalue weighted by atomic mass is 16.5. The summed E-state index contributed by atoms with van der Waals surface area (Å²) in [6.45, 7) is 5.56. The van der Waals surface area contributed by atoms with E-state index in [2.05, 4.69) is 4.74 Å². The summed E-state index contributed by atoms with van der Waals surface area (Å²) >= 11 is 0. The maximum Gasteiger partial charge on any atom is 0.330 e. The van der Waals surface area contributed by atoms with Gasteiger partial charge in [0.1, 0.15) is 0 Å². The Labute approximate surface area is 78.4 Å². The lowest BCUT2D eigenvalue weighted by Crippen LogP contribution is -2.42. The van der Waals surface area contributed by atoms with Crippen molar-refractivity contribution in [3.63, 3.8) is 0 Å². The molecular formula is C9H17NO3. The van der Waals surface area contributed by atoms with Crippen molar-refractivity contribution < 1.29 is 14.3 Å². The standard InChI is InChI=1S/C9H17NO3/c1-4-6(3)8(11)7(10)9(12)13-5-2/h6-7H,4-5,10H2,1-3H3/t6-,7?/m0/s1. The molecule has 0 saturated heterocycles. The molecule has 0 aliphatic rings. The summed E-state index contributed by atoms with van der Waals surface area (Å²) in [5, 5.41) is 0. The zero-order valence-electron chi connectivity index (χ0n) is 8.37. The molecule has 0 aliphatic carbocycles. The number of esters is 1. The Kier molecular flexibility index (Phi) is 5.30. The third-order valence-electron chi connectivity index (χ3n) is 1.95. The van der Waals surface area contributed by atoms with Crippen molar-refractivity contribution in [2.45, 2.75) is 33.2 Å². The summed E-state index contributed by atoms with van der Waals surface area (Å²) in [5.74, 6) is -1.06. The molecule has 1 unspecified atom stereocenters. The van der Waals surface area contributed by atoms with Crippen molar-refractivity contribution in [2.24, 2.45) is 11.7 Å². The van der Waals surface area contributed by atoms with E-state index in [1.54, 1.807) is 13.8 Å². The van der Waals surface area contributed by atoms with Crippen LogP contribution in [0.4, 0.5) is 0 Å². The van der Waals surface area contributed by atoms with Gasteiger partial charge in [-0.25, -0.2) is 4.79 Å². The predicted molar refractivity (Wildman–Crippen MR) is 49.1 cm³/mol. The largest absolute Gasteiger partial charge is 0.464 e. The highest BCUT2D eigenvalue weighted by molar-refractivity contribution is 6.03. The summed E-state index contributed by atoms with van der Waals surface area (Å²) in [6, 6.07) is -1.12. The minimum Gasteiger partial charge on any atom is -0.464 e. The van der Waals surface area contributed by atoms with Crippen LogP contribution in [0.15, 0.2) is 0 Å². The van der Waals surface area contributed by atoms with Crippen LogP contribution in [-0.2, 0) is 14.3 Å². The van der Waals surface area contributed by atoms with Crippen molar-refractivity contribution in [2.75, 3.05) is 6.61 Å². The second-order valence-electron chi connectivity index (χ2n) is 2.94. The normalized spacial score (nSPS) is 14.8. The Bertz CT molecular complexity index is 191. The van der Waals surface area contributed by atoms with E-state index in [4.69, 9.17) is 5.73 Å². The number of hydrogen-bond donors (Lipinski definition) is 1. The van der Waals surface area contributed by atoms with Gasteiger partial charge in [0.15, 0.2) is 11.8 Å². The molecule has 0 fully saturated rings. The number of hydrogen-bond acceptors (Lipinski definition) is 4. The smallest absolute Gasteiger partial charge is 0.330 e. The highest BCUT2D eigenvalue weighted by Gasteiger charge is 2.26. The summed E-state index contributed by atoms with van der Waals surface area (Å²) in [5.41, 5.74) is 5.40. The summed E-state index contributed by atoms with van der Waals surface area (Å²) in [6.07, 6.45) is 0.686. The van der Waals surface area contributed by atoms with Gasteiger partial charge in [-0.2, -0.15) is 0 Å². The third-order valence-corrected chi connectivity index (χ3v) is 1.95. The van der Waals surface area contributed by atoms with E-state index in [0.717, 1.165) is 0 Å². The molecular weight excluding hydrogens is 170 g/mol. The first-order valence-electron chi connectivity index (χ1n) is 4.50. The van der Waals surface area contributed by atoms with Gasteiger partial charge in [-0.3, -0.25) is 4.79 Å². The Morgan fingerprint density at radius 1 is 1.38 bits per heavy atom. The predicted octanol–water partition coefficient (Wildman–Crippen LogP) is 0.492. The van der Waals surface area contributed by atoms with Crippen LogP contribution in [0, 0.1) is 5.92 Å². The van der Waals surface area contributed by atoms with E-state index in [1.807, 2.05) is 6.92 Å². The molecule has 0 spiro atoms. The molecule has 0 radical (unpaired) electrons. The first kappa shape index (κ1) is 12.1. The van der Waals surface area contributed by atoms with Gasteiger partial charge >= 0.3 is 5.97 Å². The second kappa shape index (κ2) is 5.70. The lowest BCUT2D eigenvalue weighted by molar-refractivity contribution is -0.148. The van der Waals surface area contributed by atoms with Crippen molar-refractivity contribution in [1.29, 1.82) is 0 Å². The fraction of sp³-hybridized carbons (Fsp3) is 0.778. The molecule has 4 heteroatoms. The molecule has 2 N–H and O–H groups in total. The SMILES string of the molecule is CCOC(=O)C(N)C(=O)[C@@H](C)CC. The van der Waals surface area contributed by atoms with Crippen LogP contribution in [-0.4, -0.2) is 24.4 Å². The summed E-state index contributed by atoms with van der Waals surface area (Å²) < 4.78 is 4.63. The number of Topliss-reactive ketones (excluding diaryl/α,β-unsaturated/α-hetero) is 1. The first-order valence-corrected chi connectivity index (χ1v) is 4.50. The number of ketones is 1. The topological polar surface area (TPSA) is 69.4 Å². The van der Waals surface area contributed by atoms with Gasteiger partial charge in [-0.1, -0.05) is 13.8 Å². The molecule has 0 aromatic heterocycles. The van der Waals surface area contributed by atoms with E-state index in [-0.39, 0.29) is 18.3 Å². The lowest BCUT2D eigenvalue weighted by atomic mass is 9.98. The quantitative estimate of drug-likeness (QED) is 0.502. The average molecular weight is 187 g/mol. The molecule has 13 heavy (non-hydrogen) atoms. The van der Waals surface area contributed by atoms with Gasteiger partial charge in [0.25, 0.3) is 0 Å². The van der Waals surface area contributed by atoms with Crippen molar-refractivity contribution in [1.82, 2.24) is 0 Å². The molecule has 0 aromatic rings. The monoisotopic (exact) mass is 187 g/mol. The molecule has 0 saturated carbocycles. The fourth-order valence-corrected chi connectivity index (χ4v) is 0.856. The average Bonchev–Trinajstić information content (AvgIpc) is 2.14. The van der Waals surface area contributed by atoms with E-state index in [0.29, 0.717) is 6.42 Å². The molecule has 0 aromatic carbocycles. The lowest BCUT2D eigenvalue weighted by Gasteiger charge is -2.13. The van der Waals surface area contributed by atoms with E-state index < -0.39 is 12.0 Å². The molecule has 0 bridgehead atoms. The zero-order valence-corrected chi connectivity index (χ0v) is 8.37. The number of carbonyl (C=O) groups excluding carboxylic acids is 2. The zero-order chi connectivity index (χ0) is 10.4. The third kappa shape index (κ3) is 3.55. The Morgan fingerprint density at radius 2 is 1.92 bits per heavy atom. The molecule has 0 rings (SSSR count). The number of rotatable bonds is 5. The molecule has 0 aliphatic heterocycles. The second-order valence-corrected chi connectivity index (χ2v) is 2.94. The van der Waals surface area contributed by atoms with Crippen molar-refractivity contribution in [3.8, 4) is 0 Å². The van der Waals surface area contributed by atoms with Crippen LogP contribution in [0.5, 0.6) is 0 Å². The molecule has 0 amide bonds. The summed E-state index contributed by atoms with van der Waals surface area (Å²) in [4.78, 5) is 22.4. The van der Waals surface area contributed by atoms with E-state index in [1.165, 1.54) is 0 Å². The number of ether oxygens (including phenoxy) is 1. The van der Waals surface area contributed by atoms with Crippen LogP contribution >= 0.6 is 0 Å². The minimum absolute atomic E-state index is 0.181. The molecule has 2 atom stereocenters. The van der Waals surface area contributed by atoms with E-state index >= 15 is 0 Å². The summed E-state index contributed by atoms with van der Waals surface area (Å²) in [7, 11) is 0. The Morgan fingerprint density at radius 3 is 2.31 bits per heavy atom. The Balaban J connectivity index is 4.16. The molecule has 76 valence electrons. The van der Waals surface area contributed by atoms with Crippen molar-refractivity contribution >= 4 is 11.8 Å². The number of nitrogens with two attached hydrogens (primary N) is 1. The maximum absolute atomic E-state index is 11.4. The molecule has 0 heterocycles. The van der Waals surface area contributed by atoms with Gasteiger partial charge in [0.2, 0.25) is 0 Å². The highest BCUT2D eigenvalue weighted by Crippen LogP contribution is 2.05. The maximum atomic E-state index is 11.4. The minimum atomic E-state index is -1.12. The van der Waals surface area contributed by atoms with Crippen LogP contribution < -0.4 is 5.73 Å².